The van der Waals surface area contributed by atoms with Gasteiger partial charge in [0.15, 0.2) is 8.32 Å². The minimum atomic E-state index is -1.80. The fourth-order valence-corrected chi connectivity index (χ4v) is 3.64. The number of alkyl carbamates (subject to hydrolysis) is 1. The maximum Gasteiger partial charge on any atom is 0.407 e. The first-order valence-electron chi connectivity index (χ1n) is 7.99. The highest BCUT2D eigenvalue weighted by Gasteiger charge is 2.42. The second-order valence-corrected chi connectivity index (χ2v) is 13.4. The Labute approximate surface area is 131 Å². The first-order chi connectivity index (χ1) is 9.32. The number of nitrogens with one attached hydrogen (secondary N) is 1. The molecule has 0 saturated heterocycles. The zero-order valence-corrected chi connectivity index (χ0v) is 16.0. The molecule has 1 fully saturated rings. The number of carbonyl (C=O) groups excluding carboxylic acids is 1. The van der Waals surface area contributed by atoms with Gasteiger partial charge in [-0.25, -0.2) is 4.79 Å². The van der Waals surface area contributed by atoms with Crippen LogP contribution in [-0.2, 0) is 9.16 Å². The average Bonchev–Trinajstić information content (AvgIpc) is 2.59. The maximum atomic E-state index is 11.9. The molecule has 1 aliphatic rings. The second-order valence-electron chi connectivity index (χ2n) is 8.60. The van der Waals surface area contributed by atoms with Crippen molar-refractivity contribution in [3.8, 4) is 0 Å². The SMILES string of the molecule is CC(C)(C)OC(=O)N[C@@H]1CCC[C@@H]1O[Si](C)(C)C(C)(C)C. The summed E-state index contributed by atoms with van der Waals surface area (Å²) >= 11 is 0. The van der Waals surface area contributed by atoms with Gasteiger partial charge in [0, 0.05) is 0 Å². The maximum absolute atomic E-state index is 11.9. The van der Waals surface area contributed by atoms with E-state index in [0.29, 0.717) is 0 Å². The number of hydrogen-bond donors (Lipinski definition) is 1. The molecule has 4 nitrogen and oxygen atoms in total. The van der Waals surface area contributed by atoms with E-state index in [2.05, 4.69) is 39.2 Å². The van der Waals surface area contributed by atoms with E-state index in [1.165, 1.54) is 0 Å². The molecule has 0 aromatic carbocycles. The standard InChI is InChI=1S/C16H33NO3Si/c1-15(2,3)19-14(18)17-12-10-9-11-13(12)20-21(7,8)16(4,5)6/h12-13H,9-11H2,1-8H3,(H,17,18)/t12-,13+/m1/s1. The molecule has 5 heteroatoms. The van der Waals surface area contributed by atoms with E-state index in [0.717, 1.165) is 19.3 Å². The van der Waals surface area contributed by atoms with Gasteiger partial charge in [-0.2, -0.15) is 0 Å². The molecule has 1 amide bonds. The van der Waals surface area contributed by atoms with Crippen molar-refractivity contribution in [3.05, 3.63) is 0 Å². The summed E-state index contributed by atoms with van der Waals surface area (Å²) in [7, 11) is -1.80. The van der Waals surface area contributed by atoms with Crippen LogP contribution in [0.3, 0.4) is 0 Å². The van der Waals surface area contributed by atoms with Gasteiger partial charge in [0.1, 0.15) is 5.60 Å². The van der Waals surface area contributed by atoms with Crippen molar-refractivity contribution in [1.29, 1.82) is 0 Å². The minimum Gasteiger partial charge on any atom is -0.444 e. The average molecular weight is 316 g/mol. The Balaban J connectivity index is 2.62. The van der Waals surface area contributed by atoms with Gasteiger partial charge in [-0.3, -0.25) is 0 Å². The van der Waals surface area contributed by atoms with Gasteiger partial charge in [-0.15, -0.1) is 0 Å². The number of carbonyl (C=O) groups is 1. The molecule has 1 saturated carbocycles. The summed E-state index contributed by atoms with van der Waals surface area (Å²) in [6.45, 7) is 16.9. The third-order valence-electron chi connectivity index (χ3n) is 4.41. The van der Waals surface area contributed by atoms with Crippen LogP contribution in [0.5, 0.6) is 0 Å². The predicted octanol–water partition coefficient (Wildman–Crippen LogP) is 4.45. The Bertz CT molecular complexity index is 369. The monoisotopic (exact) mass is 315 g/mol. The second kappa shape index (κ2) is 6.29. The van der Waals surface area contributed by atoms with Crippen LogP contribution < -0.4 is 5.32 Å². The first-order valence-corrected chi connectivity index (χ1v) is 10.9. The molecule has 2 atom stereocenters. The fourth-order valence-electron chi connectivity index (χ4n) is 2.25. The van der Waals surface area contributed by atoms with Gasteiger partial charge in [-0.05, 0) is 58.2 Å². The Morgan fingerprint density at radius 1 is 1.10 bits per heavy atom. The predicted molar refractivity (Wildman–Crippen MR) is 89.1 cm³/mol. The third-order valence-corrected chi connectivity index (χ3v) is 8.91. The van der Waals surface area contributed by atoms with Crippen molar-refractivity contribution < 1.29 is 14.0 Å². The zero-order valence-electron chi connectivity index (χ0n) is 15.0. The molecule has 0 aromatic heterocycles. The lowest BCUT2D eigenvalue weighted by Gasteiger charge is -2.40. The van der Waals surface area contributed by atoms with Gasteiger partial charge >= 0.3 is 6.09 Å². The van der Waals surface area contributed by atoms with Crippen molar-refractivity contribution >= 4 is 14.4 Å². The van der Waals surface area contributed by atoms with Crippen LogP contribution in [0.15, 0.2) is 0 Å². The number of amides is 1. The quantitative estimate of drug-likeness (QED) is 0.782. The van der Waals surface area contributed by atoms with Crippen LogP contribution in [0, 0.1) is 0 Å². The van der Waals surface area contributed by atoms with Crippen molar-refractivity contribution in [2.45, 2.75) is 96.7 Å². The van der Waals surface area contributed by atoms with Gasteiger partial charge in [0.25, 0.3) is 0 Å². The Kier molecular flexibility index (Phi) is 5.54. The Hall–Kier alpha value is -0.553. The summed E-state index contributed by atoms with van der Waals surface area (Å²) in [5.41, 5.74) is -0.460. The van der Waals surface area contributed by atoms with Crippen LogP contribution in [0.4, 0.5) is 4.79 Å². The fraction of sp³-hybridized carbons (Fsp3) is 0.938. The molecular formula is C16H33NO3Si. The summed E-state index contributed by atoms with van der Waals surface area (Å²) < 4.78 is 11.8. The Morgan fingerprint density at radius 3 is 2.14 bits per heavy atom. The van der Waals surface area contributed by atoms with Crippen molar-refractivity contribution in [2.75, 3.05) is 0 Å². The largest absolute Gasteiger partial charge is 0.444 e. The van der Waals surface area contributed by atoms with Crippen molar-refractivity contribution in [3.63, 3.8) is 0 Å². The first kappa shape index (κ1) is 18.5. The molecule has 124 valence electrons. The minimum absolute atomic E-state index is 0.0778. The van der Waals surface area contributed by atoms with Gasteiger partial charge in [0.05, 0.1) is 12.1 Å². The molecule has 1 aliphatic carbocycles. The lowest BCUT2D eigenvalue weighted by molar-refractivity contribution is 0.0457. The van der Waals surface area contributed by atoms with Crippen LogP contribution in [-0.4, -0.2) is 32.2 Å². The van der Waals surface area contributed by atoms with Crippen molar-refractivity contribution in [2.24, 2.45) is 0 Å². The summed E-state index contributed by atoms with van der Waals surface area (Å²) in [5, 5.41) is 3.18. The number of ether oxygens (including phenoxy) is 1. The lowest BCUT2D eigenvalue weighted by atomic mass is 10.2. The highest BCUT2D eigenvalue weighted by Crippen LogP contribution is 2.39. The summed E-state index contributed by atoms with van der Waals surface area (Å²) in [5.74, 6) is 0. The zero-order chi connectivity index (χ0) is 16.5. The molecule has 0 aromatic rings. The summed E-state index contributed by atoms with van der Waals surface area (Å²) in [4.78, 5) is 11.9. The highest BCUT2D eigenvalue weighted by atomic mass is 28.4. The van der Waals surface area contributed by atoms with Gasteiger partial charge in [0.2, 0.25) is 0 Å². The highest BCUT2D eigenvalue weighted by molar-refractivity contribution is 6.74. The number of hydrogen-bond acceptors (Lipinski definition) is 3. The van der Waals surface area contributed by atoms with E-state index in [4.69, 9.17) is 9.16 Å². The molecule has 0 radical (unpaired) electrons. The molecule has 1 rings (SSSR count). The molecule has 0 unspecified atom stereocenters. The molecule has 1 N–H and O–H groups in total. The van der Waals surface area contributed by atoms with E-state index < -0.39 is 13.9 Å². The topological polar surface area (TPSA) is 47.6 Å². The molecular weight excluding hydrogens is 282 g/mol. The summed E-state index contributed by atoms with van der Waals surface area (Å²) in [6.07, 6.45) is 2.88. The third kappa shape index (κ3) is 5.62. The van der Waals surface area contributed by atoms with Crippen molar-refractivity contribution in [1.82, 2.24) is 5.32 Å². The normalized spacial score (nSPS) is 24.0. The van der Waals surface area contributed by atoms with E-state index in [1.807, 2.05) is 20.8 Å². The molecule has 0 spiro atoms. The van der Waals surface area contributed by atoms with Crippen LogP contribution in [0.25, 0.3) is 0 Å². The van der Waals surface area contributed by atoms with E-state index in [1.54, 1.807) is 0 Å². The molecule has 0 bridgehead atoms. The summed E-state index contributed by atoms with van der Waals surface area (Å²) in [6, 6.07) is 0.0778. The van der Waals surface area contributed by atoms with Gasteiger partial charge in [-0.1, -0.05) is 20.8 Å². The van der Waals surface area contributed by atoms with Crippen LogP contribution >= 0.6 is 0 Å². The van der Waals surface area contributed by atoms with Gasteiger partial charge < -0.3 is 14.5 Å². The molecule has 0 aliphatic heterocycles. The van der Waals surface area contributed by atoms with Crippen LogP contribution in [0.1, 0.15) is 60.8 Å². The smallest absolute Gasteiger partial charge is 0.407 e. The van der Waals surface area contributed by atoms with E-state index in [-0.39, 0.29) is 23.3 Å². The lowest BCUT2D eigenvalue weighted by Crippen LogP contribution is -2.50. The number of rotatable bonds is 3. The van der Waals surface area contributed by atoms with E-state index in [9.17, 15) is 4.79 Å². The molecule has 21 heavy (non-hydrogen) atoms. The molecule has 0 heterocycles. The van der Waals surface area contributed by atoms with Crippen LogP contribution in [0.2, 0.25) is 18.1 Å². The Morgan fingerprint density at radius 2 is 1.67 bits per heavy atom. The van der Waals surface area contributed by atoms with E-state index >= 15 is 0 Å².